The minimum absolute atomic E-state index is 0.294. The fraction of sp³-hybridized carbons (Fsp3) is 0.455. The second kappa shape index (κ2) is 11.6. The fourth-order valence-corrected chi connectivity index (χ4v) is 7.06. The summed E-state index contributed by atoms with van der Waals surface area (Å²) < 4.78 is 7.67. The summed E-state index contributed by atoms with van der Waals surface area (Å²) in [6.45, 7) is 9.28. The van der Waals surface area contributed by atoms with Gasteiger partial charge in [0.2, 0.25) is 0 Å². The Labute approximate surface area is 252 Å². The van der Waals surface area contributed by atoms with Crippen LogP contribution in [0.1, 0.15) is 57.0 Å². The molecule has 224 valence electrons. The number of anilines is 1. The smallest absolute Gasteiger partial charge is 0.164 e. The average Bonchev–Trinajstić information content (AvgIpc) is 3.63. The molecular weight excluding hydrogens is 538 g/mol. The molecule has 5 aromatic rings. The summed E-state index contributed by atoms with van der Waals surface area (Å²) in [5, 5.41) is 6.00. The third kappa shape index (κ3) is 5.34. The van der Waals surface area contributed by atoms with E-state index in [9.17, 15) is 0 Å². The number of aromatic nitrogens is 6. The highest BCUT2D eigenvalue weighted by Crippen LogP contribution is 2.37. The fourth-order valence-electron chi connectivity index (χ4n) is 7.06. The van der Waals surface area contributed by atoms with E-state index in [-0.39, 0.29) is 0 Å². The molecule has 3 aromatic heterocycles. The van der Waals surface area contributed by atoms with Gasteiger partial charge in [-0.2, -0.15) is 5.10 Å². The first kappa shape index (κ1) is 27.8. The molecule has 3 N–H and O–H groups in total. The highest BCUT2D eigenvalue weighted by Gasteiger charge is 2.31. The van der Waals surface area contributed by atoms with Crippen molar-refractivity contribution in [3.05, 3.63) is 60.2 Å². The minimum atomic E-state index is 0.294. The molecule has 1 aliphatic carbocycles. The maximum absolute atomic E-state index is 6.47. The van der Waals surface area contributed by atoms with Crippen LogP contribution in [0.3, 0.4) is 0 Å². The molecule has 0 spiro atoms. The van der Waals surface area contributed by atoms with E-state index in [1.807, 2.05) is 24.3 Å². The van der Waals surface area contributed by atoms with Crippen molar-refractivity contribution in [2.75, 3.05) is 39.0 Å². The van der Waals surface area contributed by atoms with Gasteiger partial charge in [-0.15, -0.1) is 0 Å². The molecule has 10 nitrogen and oxygen atoms in total. The normalized spacial score (nSPS) is 20.4. The molecule has 43 heavy (non-hydrogen) atoms. The Hall–Kier alpha value is -4.02. The predicted octanol–water partition coefficient (Wildman–Crippen LogP) is 5.06. The molecule has 0 bridgehead atoms. The van der Waals surface area contributed by atoms with Crippen LogP contribution in [-0.2, 0) is 6.42 Å². The zero-order chi connectivity index (χ0) is 29.5. The van der Waals surface area contributed by atoms with E-state index in [1.165, 1.54) is 39.0 Å². The summed E-state index contributed by atoms with van der Waals surface area (Å²) in [4.78, 5) is 22.7. The van der Waals surface area contributed by atoms with Gasteiger partial charge in [0, 0.05) is 55.8 Å². The van der Waals surface area contributed by atoms with Crippen molar-refractivity contribution >= 4 is 27.9 Å². The molecule has 0 unspecified atom stereocenters. The second-order valence-corrected chi connectivity index (χ2v) is 12.3. The number of H-pyrrole nitrogens is 1. The van der Waals surface area contributed by atoms with Gasteiger partial charge in [-0.3, -0.25) is 9.80 Å². The monoisotopic (exact) mass is 579 g/mol. The van der Waals surface area contributed by atoms with Crippen molar-refractivity contribution in [2.24, 2.45) is 0 Å². The van der Waals surface area contributed by atoms with E-state index in [1.54, 1.807) is 13.4 Å². The lowest BCUT2D eigenvalue weighted by Crippen LogP contribution is -2.52. The Balaban J connectivity index is 1.13. The third-order valence-electron chi connectivity index (χ3n) is 9.48. The number of ether oxygens (including phenoxy) is 1. The van der Waals surface area contributed by atoms with Crippen LogP contribution >= 0.6 is 0 Å². The Kier molecular flexibility index (Phi) is 7.48. The number of benzene rings is 2. The van der Waals surface area contributed by atoms with E-state index in [4.69, 9.17) is 20.6 Å². The summed E-state index contributed by atoms with van der Waals surface area (Å²) in [5.41, 5.74) is 12.0. The van der Waals surface area contributed by atoms with Gasteiger partial charge in [0.15, 0.2) is 5.65 Å². The largest absolute Gasteiger partial charge is 0.496 e. The maximum atomic E-state index is 6.47. The molecule has 2 aliphatic rings. The maximum Gasteiger partial charge on any atom is 0.164 e. The number of rotatable bonds is 7. The molecule has 0 atom stereocenters. The first-order valence-electron chi connectivity index (χ1n) is 15.6. The molecule has 4 heterocycles. The SMILES string of the molecule is COc1ccccc1Cc1nc2ccc(-c3nn([C@H]4CC[C@H](N5CCN(C(C)C)CC5)CC4)c4ncnc(N)c34)cc2[nH]1. The summed E-state index contributed by atoms with van der Waals surface area (Å²) in [7, 11) is 1.70. The van der Waals surface area contributed by atoms with Crippen molar-refractivity contribution in [2.45, 2.75) is 64.1 Å². The van der Waals surface area contributed by atoms with Crippen LogP contribution in [0, 0.1) is 0 Å². The number of hydrogen-bond acceptors (Lipinski definition) is 8. The Morgan fingerprint density at radius 2 is 1.74 bits per heavy atom. The van der Waals surface area contributed by atoms with Crippen LogP contribution in [0.4, 0.5) is 5.82 Å². The van der Waals surface area contributed by atoms with Gasteiger partial charge < -0.3 is 15.5 Å². The number of nitrogen functional groups attached to an aromatic ring is 1. The predicted molar refractivity (Wildman–Crippen MR) is 170 cm³/mol. The summed E-state index contributed by atoms with van der Waals surface area (Å²) in [5.74, 6) is 2.21. The van der Waals surface area contributed by atoms with Crippen molar-refractivity contribution in [3.63, 3.8) is 0 Å². The molecule has 0 amide bonds. The van der Waals surface area contributed by atoms with Gasteiger partial charge in [0.1, 0.15) is 29.4 Å². The van der Waals surface area contributed by atoms with Crippen molar-refractivity contribution in [1.29, 1.82) is 0 Å². The Bertz CT molecular complexity index is 1730. The summed E-state index contributed by atoms with van der Waals surface area (Å²) >= 11 is 0. The molecule has 1 saturated carbocycles. The number of aromatic amines is 1. The van der Waals surface area contributed by atoms with Crippen LogP contribution in [0.5, 0.6) is 5.75 Å². The molecule has 2 aromatic carbocycles. The molecule has 1 saturated heterocycles. The van der Waals surface area contributed by atoms with E-state index >= 15 is 0 Å². The Morgan fingerprint density at radius 3 is 2.51 bits per heavy atom. The third-order valence-corrected chi connectivity index (χ3v) is 9.48. The molecule has 2 fully saturated rings. The van der Waals surface area contributed by atoms with Gasteiger partial charge in [-0.05, 0) is 57.7 Å². The van der Waals surface area contributed by atoms with Crippen LogP contribution < -0.4 is 10.5 Å². The number of para-hydroxylation sites is 1. The van der Waals surface area contributed by atoms with Gasteiger partial charge in [-0.25, -0.2) is 19.6 Å². The number of nitrogens with one attached hydrogen (secondary N) is 1. The number of nitrogens with two attached hydrogens (primary N) is 1. The average molecular weight is 580 g/mol. The van der Waals surface area contributed by atoms with Gasteiger partial charge in [0.05, 0.1) is 29.6 Å². The van der Waals surface area contributed by atoms with Crippen LogP contribution in [-0.4, -0.2) is 84.9 Å². The first-order valence-corrected chi connectivity index (χ1v) is 15.6. The lowest BCUT2D eigenvalue weighted by Gasteiger charge is -2.43. The topological polar surface area (TPSA) is 114 Å². The van der Waals surface area contributed by atoms with E-state index < -0.39 is 0 Å². The number of imidazole rings is 1. The Morgan fingerprint density at radius 1 is 0.977 bits per heavy atom. The van der Waals surface area contributed by atoms with Gasteiger partial charge >= 0.3 is 0 Å². The molecule has 0 radical (unpaired) electrons. The van der Waals surface area contributed by atoms with Crippen molar-refractivity contribution < 1.29 is 4.74 Å². The molecular formula is C33H41N9O. The molecule has 7 rings (SSSR count). The summed E-state index contributed by atoms with van der Waals surface area (Å²) in [6.07, 6.45) is 6.74. The molecule has 1 aliphatic heterocycles. The molecule has 10 heteroatoms. The quantitative estimate of drug-likeness (QED) is 0.275. The van der Waals surface area contributed by atoms with Crippen molar-refractivity contribution in [1.82, 2.24) is 39.5 Å². The minimum Gasteiger partial charge on any atom is -0.496 e. The van der Waals surface area contributed by atoms with Crippen molar-refractivity contribution in [3.8, 4) is 17.0 Å². The lowest BCUT2D eigenvalue weighted by molar-refractivity contribution is 0.0578. The van der Waals surface area contributed by atoms with E-state index in [0.717, 1.165) is 63.3 Å². The summed E-state index contributed by atoms with van der Waals surface area (Å²) in [6, 6.07) is 15.8. The zero-order valence-electron chi connectivity index (χ0n) is 25.3. The van der Waals surface area contributed by atoms with Crippen LogP contribution in [0.25, 0.3) is 33.3 Å². The standard InChI is InChI=1S/C33H41N9O/c1-21(2)40-14-16-41(17-15-40)24-9-11-25(12-10-24)42-33-30(32(34)35-20-36-33)31(39-42)23-8-13-26-27(18-23)38-29(37-26)19-22-6-4-5-7-28(22)43-3/h4-8,13,18,20-21,24-25H,9-12,14-17,19H2,1-3H3,(H,37,38)(H2,34,35,36)/t24-,25-. The number of nitrogens with zero attached hydrogens (tertiary/aromatic N) is 7. The number of methoxy groups -OCH3 is 1. The van der Waals surface area contributed by atoms with E-state index in [2.05, 4.69) is 61.5 Å². The van der Waals surface area contributed by atoms with Crippen LogP contribution in [0.2, 0.25) is 0 Å². The number of fused-ring (bicyclic) bond motifs is 2. The number of piperazine rings is 1. The van der Waals surface area contributed by atoms with Crippen LogP contribution in [0.15, 0.2) is 48.8 Å². The first-order chi connectivity index (χ1) is 21.0. The lowest BCUT2D eigenvalue weighted by atomic mass is 9.90. The van der Waals surface area contributed by atoms with E-state index in [0.29, 0.717) is 30.4 Å². The second-order valence-electron chi connectivity index (χ2n) is 12.3. The highest BCUT2D eigenvalue weighted by atomic mass is 16.5. The zero-order valence-corrected chi connectivity index (χ0v) is 25.3. The van der Waals surface area contributed by atoms with Gasteiger partial charge in [0.25, 0.3) is 0 Å². The van der Waals surface area contributed by atoms with Gasteiger partial charge in [-0.1, -0.05) is 24.3 Å². The number of hydrogen-bond donors (Lipinski definition) is 2. The highest BCUT2D eigenvalue weighted by molar-refractivity contribution is 5.99.